The van der Waals surface area contributed by atoms with E-state index < -0.39 is 0 Å². The zero-order valence-electron chi connectivity index (χ0n) is 9.01. The second kappa shape index (κ2) is 5.61. The topological polar surface area (TPSA) is 12.0 Å². The molecule has 0 fully saturated rings. The fourth-order valence-electron chi connectivity index (χ4n) is 1.48. The van der Waals surface area contributed by atoms with E-state index in [1.807, 2.05) is 30.3 Å². The second-order valence-electron chi connectivity index (χ2n) is 3.61. The molecule has 0 aliphatic carbocycles. The Kier molecular flexibility index (Phi) is 4.36. The van der Waals surface area contributed by atoms with Crippen molar-refractivity contribution in [3.63, 3.8) is 0 Å². The van der Waals surface area contributed by atoms with Gasteiger partial charge in [-0.05, 0) is 47.1 Å². The minimum atomic E-state index is 0.197. The van der Waals surface area contributed by atoms with E-state index in [2.05, 4.69) is 28.2 Å². The molecular formula is C12H10BrCl2NS. The molecule has 1 nitrogen and oxygen atoms in total. The molecule has 0 bridgehead atoms. The van der Waals surface area contributed by atoms with Crippen molar-refractivity contribution in [3.05, 3.63) is 49.0 Å². The van der Waals surface area contributed by atoms with Crippen LogP contribution in [0.4, 0.5) is 5.69 Å². The Labute approximate surface area is 123 Å². The van der Waals surface area contributed by atoms with Crippen molar-refractivity contribution < 1.29 is 0 Å². The van der Waals surface area contributed by atoms with Crippen LogP contribution in [0.2, 0.25) is 9.36 Å². The molecule has 1 unspecified atom stereocenters. The van der Waals surface area contributed by atoms with Crippen LogP contribution >= 0.6 is 50.5 Å². The molecule has 0 aliphatic rings. The molecular weight excluding hydrogens is 341 g/mol. The first kappa shape index (κ1) is 13.2. The lowest BCUT2D eigenvalue weighted by Crippen LogP contribution is -2.05. The van der Waals surface area contributed by atoms with E-state index >= 15 is 0 Å². The normalized spacial score (nSPS) is 12.5. The van der Waals surface area contributed by atoms with E-state index in [1.165, 1.54) is 4.88 Å². The molecule has 90 valence electrons. The minimum Gasteiger partial charge on any atom is -0.377 e. The van der Waals surface area contributed by atoms with Gasteiger partial charge >= 0.3 is 0 Å². The summed E-state index contributed by atoms with van der Waals surface area (Å²) in [7, 11) is 0. The Bertz CT molecular complexity index is 527. The van der Waals surface area contributed by atoms with Gasteiger partial charge in [0.05, 0.1) is 25.6 Å². The molecule has 1 atom stereocenters. The molecule has 17 heavy (non-hydrogen) atoms. The standard InChI is InChI=1S/C12H10BrCl2NS/c1-7(10-5-6-11(15)17-10)16-9-4-2-3-8(14)12(9)13/h2-7,16H,1H3. The molecule has 0 saturated heterocycles. The summed E-state index contributed by atoms with van der Waals surface area (Å²) in [5, 5.41) is 4.10. The summed E-state index contributed by atoms with van der Waals surface area (Å²) in [6.07, 6.45) is 0. The Morgan fingerprint density at radius 1 is 1.24 bits per heavy atom. The number of hydrogen-bond donors (Lipinski definition) is 1. The van der Waals surface area contributed by atoms with Gasteiger partial charge < -0.3 is 5.32 Å². The first-order chi connectivity index (χ1) is 8.08. The van der Waals surface area contributed by atoms with Crippen molar-refractivity contribution in [3.8, 4) is 0 Å². The van der Waals surface area contributed by atoms with Crippen LogP contribution in [0.1, 0.15) is 17.8 Å². The van der Waals surface area contributed by atoms with Crippen LogP contribution in [0.15, 0.2) is 34.8 Å². The third-order valence-electron chi connectivity index (χ3n) is 2.34. The summed E-state index contributed by atoms with van der Waals surface area (Å²) < 4.78 is 1.69. The minimum absolute atomic E-state index is 0.197. The number of hydrogen-bond acceptors (Lipinski definition) is 2. The van der Waals surface area contributed by atoms with Gasteiger partial charge in [-0.2, -0.15) is 0 Å². The van der Waals surface area contributed by atoms with Gasteiger partial charge in [-0.25, -0.2) is 0 Å². The van der Waals surface area contributed by atoms with Gasteiger partial charge in [-0.15, -0.1) is 11.3 Å². The van der Waals surface area contributed by atoms with E-state index in [9.17, 15) is 0 Å². The van der Waals surface area contributed by atoms with Crippen LogP contribution in [0.3, 0.4) is 0 Å². The SMILES string of the molecule is CC(Nc1cccc(Cl)c1Br)c1ccc(Cl)s1. The largest absolute Gasteiger partial charge is 0.377 e. The molecule has 2 aromatic rings. The maximum Gasteiger partial charge on any atom is 0.0932 e. The fraction of sp³-hybridized carbons (Fsp3) is 0.167. The summed E-state index contributed by atoms with van der Waals surface area (Å²) in [5.74, 6) is 0. The number of anilines is 1. The highest BCUT2D eigenvalue weighted by atomic mass is 79.9. The first-order valence-electron chi connectivity index (χ1n) is 5.03. The quantitative estimate of drug-likeness (QED) is 0.716. The van der Waals surface area contributed by atoms with Gasteiger partial charge in [0.15, 0.2) is 0 Å². The highest BCUT2D eigenvalue weighted by Crippen LogP contribution is 2.34. The smallest absolute Gasteiger partial charge is 0.0932 e. The van der Waals surface area contributed by atoms with Crippen molar-refractivity contribution in [2.75, 3.05) is 5.32 Å². The van der Waals surface area contributed by atoms with Gasteiger partial charge in [0, 0.05) is 4.88 Å². The lowest BCUT2D eigenvalue weighted by Gasteiger charge is -2.15. The Hall–Kier alpha value is -0.220. The van der Waals surface area contributed by atoms with Crippen LogP contribution in [-0.2, 0) is 0 Å². The fourth-order valence-corrected chi connectivity index (χ4v) is 3.10. The van der Waals surface area contributed by atoms with Gasteiger partial charge in [0.25, 0.3) is 0 Å². The molecule has 1 aromatic carbocycles. The highest BCUT2D eigenvalue weighted by molar-refractivity contribution is 9.10. The van der Waals surface area contributed by atoms with E-state index in [4.69, 9.17) is 23.2 Å². The number of thiophene rings is 1. The summed E-state index contributed by atoms with van der Waals surface area (Å²) in [6, 6.07) is 9.90. The molecule has 0 aliphatic heterocycles. The van der Waals surface area contributed by atoms with Crippen LogP contribution in [0.25, 0.3) is 0 Å². The average Bonchev–Trinajstić information content (AvgIpc) is 2.72. The van der Waals surface area contributed by atoms with Crippen molar-refractivity contribution in [1.29, 1.82) is 0 Å². The van der Waals surface area contributed by atoms with E-state index in [0.29, 0.717) is 5.02 Å². The molecule has 1 heterocycles. The van der Waals surface area contributed by atoms with Crippen molar-refractivity contribution in [2.24, 2.45) is 0 Å². The predicted octanol–water partition coefficient (Wildman–Crippen LogP) is 5.99. The van der Waals surface area contributed by atoms with Gasteiger partial charge in [0.2, 0.25) is 0 Å². The summed E-state index contributed by atoms with van der Waals surface area (Å²) >= 11 is 17.0. The molecule has 0 saturated carbocycles. The highest BCUT2D eigenvalue weighted by Gasteiger charge is 2.10. The Morgan fingerprint density at radius 3 is 2.65 bits per heavy atom. The van der Waals surface area contributed by atoms with Gasteiger partial charge in [-0.1, -0.05) is 29.3 Å². The number of halogens is 3. The van der Waals surface area contributed by atoms with Crippen LogP contribution < -0.4 is 5.32 Å². The van der Waals surface area contributed by atoms with Crippen molar-refractivity contribution in [2.45, 2.75) is 13.0 Å². The van der Waals surface area contributed by atoms with Gasteiger partial charge in [-0.3, -0.25) is 0 Å². The zero-order chi connectivity index (χ0) is 12.4. The second-order valence-corrected chi connectivity index (χ2v) is 6.56. The maximum absolute atomic E-state index is 6.04. The van der Waals surface area contributed by atoms with Crippen LogP contribution in [-0.4, -0.2) is 0 Å². The number of nitrogens with one attached hydrogen (secondary N) is 1. The molecule has 2 rings (SSSR count). The van der Waals surface area contributed by atoms with Crippen molar-refractivity contribution in [1.82, 2.24) is 0 Å². The first-order valence-corrected chi connectivity index (χ1v) is 7.40. The maximum atomic E-state index is 6.04. The summed E-state index contributed by atoms with van der Waals surface area (Å²) in [5.41, 5.74) is 0.981. The van der Waals surface area contributed by atoms with E-state index in [-0.39, 0.29) is 6.04 Å². The molecule has 5 heteroatoms. The van der Waals surface area contributed by atoms with E-state index in [1.54, 1.807) is 11.3 Å². The average molecular weight is 351 g/mol. The van der Waals surface area contributed by atoms with Crippen LogP contribution in [0, 0.1) is 0 Å². The van der Waals surface area contributed by atoms with Crippen LogP contribution in [0.5, 0.6) is 0 Å². The van der Waals surface area contributed by atoms with Gasteiger partial charge in [0.1, 0.15) is 0 Å². The molecule has 0 radical (unpaired) electrons. The Balaban J connectivity index is 2.18. The summed E-state index contributed by atoms with van der Waals surface area (Å²) in [4.78, 5) is 1.20. The lowest BCUT2D eigenvalue weighted by molar-refractivity contribution is 0.907. The van der Waals surface area contributed by atoms with Crippen molar-refractivity contribution >= 4 is 56.2 Å². The number of rotatable bonds is 3. The molecule has 0 spiro atoms. The third kappa shape index (κ3) is 3.16. The third-order valence-corrected chi connectivity index (χ3v) is 5.16. The van der Waals surface area contributed by atoms with E-state index in [0.717, 1.165) is 14.5 Å². The number of benzene rings is 1. The summed E-state index contributed by atoms with van der Waals surface area (Å²) in [6.45, 7) is 2.09. The molecule has 1 aromatic heterocycles. The Morgan fingerprint density at radius 2 is 2.00 bits per heavy atom. The molecule has 0 amide bonds. The zero-order valence-corrected chi connectivity index (χ0v) is 12.9. The monoisotopic (exact) mass is 349 g/mol. The predicted molar refractivity (Wildman–Crippen MR) is 80.5 cm³/mol. The molecule has 1 N–H and O–H groups in total. The lowest BCUT2D eigenvalue weighted by atomic mass is 10.2.